The number of ether oxygens (including phenoxy) is 2. The van der Waals surface area contributed by atoms with Crippen LogP contribution in [-0.4, -0.2) is 30.3 Å². The highest BCUT2D eigenvalue weighted by atomic mass is 32.2. The zero-order valence-electron chi connectivity index (χ0n) is 15.1. The quantitative estimate of drug-likeness (QED) is 0.549. The SMILES string of the molecule is CC(C)Oc1ccc(C(=O)OCC(=O)Nc2ccccc2SCC#N)cc1. The van der Waals surface area contributed by atoms with Crippen LogP contribution < -0.4 is 10.1 Å². The van der Waals surface area contributed by atoms with Crippen molar-refractivity contribution in [3.8, 4) is 11.8 Å². The fraction of sp³-hybridized carbons (Fsp3) is 0.250. The van der Waals surface area contributed by atoms with Crippen LogP contribution in [0, 0.1) is 11.3 Å². The summed E-state index contributed by atoms with van der Waals surface area (Å²) >= 11 is 1.32. The highest BCUT2D eigenvalue weighted by Crippen LogP contribution is 2.26. The minimum atomic E-state index is -0.589. The molecular weight excluding hydrogens is 364 g/mol. The molecule has 7 heteroatoms. The molecule has 0 bridgehead atoms. The second kappa shape index (κ2) is 10.2. The summed E-state index contributed by atoms with van der Waals surface area (Å²) in [5.41, 5.74) is 0.915. The number of carbonyl (C=O) groups excluding carboxylic acids is 2. The van der Waals surface area contributed by atoms with Crippen LogP contribution in [-0.2, 0) is 9.53 Å². The molecule has 140 valence electrons. The van der Waals surface area contributed by atoms with Gasteiger partial charge in [-0.1, -0.05) is 12.1 Å². The second-order valence-corrected chi connectivity index (χ2v) is 6.78. The first-order chi connectivity index (χ1) is 13.0. The van der Waals surface area contributed by atoms with Crippen LogP contribution in [0.2, 0.25) is 0 Å². The smallest absolute Gasteiger partial charge is 0.338 e. The standard InChI is InChI=1S/C20H20N2O4S/c1-14(2)26-16-9-7-15(8-10-16)20(24)25-13-19(23)22-17-5-3-4-6-18(17)27-12-11-21/h3-10,14H,12-13H2,1-2H3,(H,22,23). The molecule has 0 spiro atoms. The highest BCUT2D eigenvalue weighted by Gasteiger charge is 2.12. The van der Waals surface area contributed by atoms with Crippen molar-refractivity contribution in [3.05, 3.63) is 54.1 Å². The fourth-order valence-electron chi connectivity index (χ4n) is 2.15. The van der Waals surface area contributed by atoms with Crippen molar-refractivity contribution in [2.45, 2.75) is 24.8 Å². The van der Waals surface area contributed by atoms with Crippen LogP contribution in [0.1, 0.15) is 24.2 Å². The largest absolute Gasteiger partial charge is 0.491 e. The number of esters is 1. The van der Waals surface area contributed by atoms with Crippen molar-refractivity contribution in [2.75, 3.05) is 17.7 Å². The number of nitrogens with one attached hydrogen (secondary N) is 1. The van der Waals surface area contributed by atoms with E-state index in [-0.39, 0.29) is 11.9 Å². The average molecular weight is 384 g/mol. The van der Waals surface area contributed by atoms with Crippen molar-refractivity contribution in [3.63, 3.8) is 0 Å². The van der Waals surface area contributed by atoms with E-state index in [1.54, 1.807) is 36.4 Å². The van der Waals surface area contributed by atoms with Crippen LogP contribution in [0.15, 0.2) is 53.4 Å². The Kier molecular flexibility index (Phi) is 7.71. The average Bonchev–Trinajstić information content (AvgIpc) is 2.65. The Hall–Kier alpha value is -2.98. The molecule has 1 amide bonds. The van der Waals surface area contributed by atoms with E-state index in [1.807, 2.05) is 32.0 Å². The lowest BCUT2D eigenvalue weighted by Gasteiger charge is -2.11. The number of para-hydroxylation sites is 1. The zero-order chi connectivity index (χ0) is 19.6. The number of anilines is 1. The lowest BCUT2D eigenvalue weighted by molar-refractivity contribution is -0.119. The molecule has 0 heterocycles. The van der Waals surface area contributed by atoms with Crippen molar-refractivity contribution in [1.82, 2.24) is 0 Å². The van der Waals surface area contributed by atoms with E-state index in [0.29, 0.717) is 17.0 Å². The zero-order valence-corrected chi connectivity index (χ0v) is 15.9. The molecule has 0 saturated heterocycles. The third kappa shape index (κ3) is 6.68. The van der Waals surface area contributed by atoms with Gasteiger partial charge < -0.3 is 14.8 Å². The summed E-state index contributed by atoms with van der Waals surface area (Å²) in [5, 5.41) is 11.4. The monoisotopic (exact) mass is 384 g/mol. The van der Waals surface area contributed by atoms with E-state index < -0.39 is 18.5 Å². The minimum absolute atomic E-state index is 0.0423. The molecule has 0 aliphatic heterocycles. The Bertz CT molecular complexity index is 829. The normalized spacial score (nSPS) is 10.1. The first-order valence-corrected chi connectivity index (χ1v) is 9.30. The Morgan fingerprint density at radius 1 is 1.15 bits per heavy atom. The third-order valence-corrected chi connectivity index (χ3v) is 4.19. The summed E-state index contributed by atoms with van der Waals surface area (Å²) in [4.78, 5) is 24.9. The number of hydrogen-bond acceptors (Lipinski definition) is 6. The Morgan fingerprint density at radius 2 is 1.85 bits per heavy atom. The number of amides is 1. The van der Waals surface area contributed by atoms with Gasteiger partial charge in [-0.15, -0.1) is 11.8 Å². The van der Waals surface area contributed by atoms with Gasteiger partial charge in [0.05, 0.1) is 29.2 Å². The minimum Gasteiger partial charge on any atom is -0.491 e. The number of thioether (sulfide) groups is 1. The second-order valence-electron chi connectivity index (χ2n) is 5.76. The molecule has 1 N–H and O–H groups in total. The molecule has 0 saturated carbocycles. The molecule has 6 nitrogen and oxygen atoms in total. The van der Waals surface area contributed by atoms with Gasteiger partial charge in [0.2, 0.25) is 0 Å². The van der Waals surface area contributed by atoms with Gasteiger partial charge in [-0.3, -0.25) is 4.79 Å². The first kappa shape index (κ1) is 20.3. The van der Waals surface area contributed by atoms with E-state index >= 15 is 0 Å². The molecule has 0 aromatic heterocycles. The van der Waals surface area contributed by atoms with Crippen LogP contribution in [0.3, 0.4) is 0 Å². The predicted molar refractivity (Wildman–Crippen MR) is 104 cm³/mol. The summed E-state index contributed by atoms with van der Waals surface area (Å²) < 4.78 is 10.6. The summed E-state index contributed by atoms with van der Waals surface area (Å²) in [6.45, 7) is 3.43. The molecular formula is C20H20N2O4S. The topological polar surface area (TPSA) is 88.4 Å². The van der Waals surface area contributed by atoms with Crippen molar-refractivity contribution < 1.29 is 19.1 Å². The number of nitriles is 1. The Morgan fingerprint density at radius 3 is 2.52 bits per heavy atom. The van der Waals surface area contributed by atoms with Gasteiger partial charge in [0.25, 0.3) is 5.91 Å². The maximum Gasteiger partial charge on any atom is 0.338 e. The van der Waals surface area contributed by atoms with E-state index in [4.69, 9.17) is 14.7 Å². The fourth-order valence-corrected chi connectivity index (χ4v) is 2.82. The summed E-state index contributed by atoms with van der Waals surface area (Å²) in [6.07, 6.45) is 0.0423. The molecule has 27 heavy (non-hydrogen) atoms. The molecule has 2 aromatic carbocycles. The van der Waals surface area contributed by atoms with E-state index in [1.165, 1.54) is 11.8 Å². The van der Waals surface area contributed by atoms with E-state index in [0.717, 1.165) is 4.90 Å². The van der Waals surface area contributed by atoms with Crippen LogP contribution in [0.5, 0.6) is 5.75 Å². The summed E-state index contributed by atoms with van der Waals surface area (Å²) in [7, 11) is 0. The number of hydrogen-bond donors (Lipinski definition) is 1. The maximum atomic E-state index is 12.1. The molecule has 0 radical (unpaired) electrons. The Labute approximate surface area is 162 Å². The van der Waals surface area contributed by atoms with Gasteiger partial charge in [-0.2, -0.15) is 5.26 Å². The summed E-state index contributed by atoms with van der Waals surface area (Å²) in [6, 6.07) is 15.7. The first-order valence-electron chi connectivity index (χ1n) is 8.32. The van der Waals surface area contributed by atoms with E-state index in [2.05, 4.69) is 5.32 Å². The molecule has 0 aliphatic rings. The Balaban J connectivity index is 1.88. The number of nitrogens with zero attached hydrogens (tertiary/aromatic N) is 1. The lowest BCUT2D eigenvalue weighted by atomic mass is 10.2. The van der Waals surface area contributed by atoms with Gasteiger partial charge in [-0.25, -0.2) is 4.79 Å². The molecule has 2 rings (SSSR count). The number of carbonyl (C=O) groups is 2. The van der Waals surface area contributed by atoms with E-state index in [9.17, 15) is 9.59 Å². The van der Waals surface area contributed by atoms with Crippen molar-refractivity contribution in [2.24, 2.45) is 0 Å². The molecule has 2 aromatic rings. The third-order valence-electron chi connectivity index (χ3n) is 3.25. The van der Waals surface area contributed by atoms with Crippen LogP contribution in [0.4, 0.5) is 5.69 Å². The van der Waals surface area contributed by atoms with Crippen molar-refractivity contribution in [1.29, 1.82) is 5.26 Å². The van der Waals surface area contributed by atoms with Crippen LogP contribution >= 0.6 is 11.8 Å². The lowest BCUT2D eigenvalue weighted by Crippen LogP contribution is -2.21. The van der Waals surface area contributed by atoms with Crippen molar-refractivity contribution >= 4 is 29.3 Å². The molecule has 0 unspecified atom stereocenters. The van der Waals surface area contributed by atoms with Gasteiger partial charge in [0, 0.05) is 4.90 Å². The molecule has 0 aliphatic carbocycles. The highest BCUT2D eigenvalue weighted by molar-refractivity contribution is 7.99. The van der Waals surface area contributed by atoms with Gasteiger partial charge in [-0.05, 0) is 50.2 Å². The van der Waals surface area contributed by atoms with Gasteiger partial charge in [0.15, 0.2) is 6.61 Å². The maximum absolute atomic E-state index is 12.1. The predicted octanol–water partition coefficient (Wildman–Crippen LogP) is 3.88. The molecule has 0 fully saturated rings. The summed E-state index contributed by atoms with van der Waals surface area (Å²) in [5.74, 6) is -0.106. The number of benzene rings is 2. The van der Waals surface area contributed by atoms with Crippen LogP contribution in [0.25, 0.3) is 0 Å². The van der Waals surface area contributed by atoms with Gasteiger partial charge in [0.1, 0.15) is 5.75 Å². The van der Waals surface area contributed by atoms with Gasteiger partial charge >= 0.3 is 5.97 Å². The molecule has 0 atom stereocenters. The number of rotatable bonds is 8.